The molecule has 0 fully saturated rings. The average Bonchev–Trinajstić information content (AvgIpc) is 2.17. The number of ether oxygens (including phenoxy) is 1. The number of aliphatic hydroxyl groups is 1. The van der Waals surface area contributed by atoms with E-state index in [1.165, 1.54) is 0 Å². The first-order valence-electron chi connectivity index (χ1n) is 4.51. The summed E-state index contributed by atoms with van der Waals surface area (Å²) in [6.07, 6.45) is 0.510. The average molecular weight is 190 g/mol. The van der Waals surface area contributed by atoms with Crippen LogP contribution in [0.2, 0.25) is 0 Å². The minimum Gasteiger partial charge on any atom is -0.497 e. The van der Waals surface area contributed by atoms with Gasteiger partial charge in [0.1, 0.15) is 5.75 Å². The lowest BCUT2D eigenvalue weighted by Crippen LogP contribution is -1.86. The molecule has 0 unspecified atom stereocenters. The third-order valence-corrected chi connectivity index (χ3v) is 1.76. The summed E-state index contributed by atoms with van der Waals surface area (Å²) in [7, 11) is 1.64. The molecule has 0 aliphatic carbocycles. The van der Waals surface area contributed by atoms with Crippen molar-refractivity contribution in [2.45, 2.75) is 13.3 Å². The molecule has 0 saturated heterocycles. The van der Waals surface area contributed by atoms with Gasteiger partial charge < -0.3 is 9.84 Å². The summed E-state index contributed by atoms with van der Waals surface area (Å²) >= 11 is 0. The maximum absolute atomic E-state index is 8.57. The topological polar surface area (TPSA) is 29.5 Å². The largest absolute Gasteiger partial charge is 0.497 e. The molecule has 0 saturated carbocycles. The summed E-state index contributed by atoms with van der Waals surface area (Å²) in [5, 5.41) is 8.57. The maximum Gasteiger partial charge on any atom is 0.120 e. The molecule has 2 heteroatoms. The van der Waals surface area contributed by atoms with Crippen molar-refractivity contribution in [3.8, 4) is 17.6 Å². The Balaban J connectivity index is 2.88. The molecule has 0 heterocycles. The lowest BCUT2D eigenvalue weighted by Gasteiger charge is -2.01. The highest BCUT2D eigenvalue weighted by Gasteiger charge is 1.95. The Hall–Kier alpha value is -1.46. The smallest absolute Gasteiger partial charge is 0.120 e. The second-order valence-electron chi connectivity index (χ2n) is 3.01. The molecule has 0 spiro atoms. The van der Waals surface area contributed by atoms with Gasteiger partial charge in [-0.2, -0.15) is 0 Å². The van der Waals surface area contributed by atoms with Gasteiger partial charge in [0.05, 0.1) is 13.7 Å². The van der Waals surface area contributed by atoms with Crippen LogP contribution in [0.25, 0.3) is 0 Å². The van der Waals surface area contributed by atoms with Gasteiger partial charge in [-0.3, -0.25) is 0 Å². The molecule has 14 heavy (non-hydrogen) atoms. The van der Waals surface area contributed by atoms with Crippen LogP contribution in [0.5, 0.6) is 5.75 Å². The standard InChI is InChI=1S/C12H14O2/c1-10-7-11(5-3-4-6-13)9-12(8-10)14-2/h7-9,13H,4,6H2,1-2H3. The lowest BCUT2D eigenvalue weighted by molar-refractivity contribution is 0.305. The quantitative estimate of drug-likeness (QED) is 0.720. The van der Waals surface area contributed by atoms with Gasteiger partial charge in [0.25, 0.3) is 0 Å². The molecular weight excluding hydrogens is 176 g/mol. The minimum absolute atomic E-state index is 0.107. The normalized spacial score (nSPS) is 9.07. The highest BCUT2D eigenvalue weighted by Crippen LogP contribution is 2.15. The summed E-state index contributed by atoms with van der Waals surface area (Å²) in [5.41, 5.74) is 2.05. The van der Waals surface area contributed by atoms with E-state index in [-0.39, 0.29) is 6.61 Å². The molecule has 1 N–H and O–H groups in total. The Morgan fingerprint density at radius 3 is 2.79 bits per heavy atom. The Kier molecular flexibility index (Phi) is 4.03. The van der Waals surface area contributed by atoms with E-state index in [2.05, 4.69) is 11.8 Å². The number of hydrogen-bond donors (Lipinski definition) is 1. The van der Waals surface area contributed by atoms with E-state index in [1.807, 2.05) is 25.1 Å². The van der Waals surface area contributed by atoms with Crippen molar-refractivity contribution < 1.29 is 9.84 Å². The highest BCUT2D eigenvalue weighted by atomic mass is 16.5. The van der Waals surface area contributed by atoms with Crippen molar-refractivity contribution in [3.05, 3.63) is 29.3 Å². The fourth-order valence-electron chi connectivity index (χ4n) is 1.16. The SMILES string of the molecule is COc1cc(C)cc(C#CCCO)c1. The molecule has 74 valence electrons. The van der Waals surface area contributed by atoms with E-state index in [4.69, 9.17) is 9.84 Å². The zero-order valence-electron chi connectivity index (χ0n) is 8.50. The van der Waals surface area contributed by atoms with Crippen LogP contribution in [0.1, 0.15) is 17.5 Å². The predicted molar refractivity (Wildman–Crippen MR) is 56.3 cm³/mol. The Morgan fingerprint density at radius 1 is 1.36 bits per heavy atom. The Morgan fingerprint density at radius 2 is 2.14 bits per heavy atom. The molecular formula is C12H14O2. The van der Waals surface area contributed by atoms with Gasteiger partial charge in [0.15, 0.2) is 0 Å². The van der Waals surface area contributed by atoms with Crippen molar-refractivity contribution in [2.24, 2.45) is 0 Å². The monoisotopic (exact) mass is 190 g/mol. The molecule has 0 aromatic heterocycles. The minimum atomic E-state index is 0.107. The predicted octanol–water partition coefficient (Wildman–Crippen LogP) is 1.74. The summed E-state index contributed by atoms with van der Waals surface area (Å²) in [4.78, 5) is 0. The molecule has 1 aromatic carbocycles. The summed E-state index contributed by atoms with van der Waals surface area (Å²) in [6.45, 7) is 2.11. The highest BCUT2D eigenvalue weighted by molar-refractivity contribution is 5.42. The van der Waals surface area contributed by atoms with Crippen molar-refractivity contribution in [2.75, 3.05) is 13.7 Å². The van der Waals surface area contributed by atoms with Gasteiger partial charge >= 0.3 is 0 Å². The van der Waals surface area contributed by atoms with Gasteiger partial charge in [-0.15, -0.1) is 0 Å². The number of aryl methyl sites for hydroxylation is 1. The van der Waals surface area contributed by atoms with E-state index in [1.54, 1.807) is 7.11 Å². The zero-order chi connectivity index (χ0) is 10.4. The van der Waals surface area contributed by atoms with Crippen LogP contribution in [0, 0.1) is 18.8 Å². The number of aliphatic hydroxyl groups excluding tert-OH is 1. The molecule has 0 bridgehead atoms. The van der Waals surface area contributed by atoms with Gasteiger partial charge in [-0.1, -0.05) is 11.8 Å². The van der Waals surface area contributed by atoms with Gasteiger partial charge in [-0.05, 0) is 30.7 Å². The van der Waals surface area contributed by atoms with Crippen molar-refractivity contribution in [1.82, 2.24) is 0 Å². The summed E-state index contributed by atoms with van der Waals surface area (Å²) < 4.78 is 5.12. The number of benzene rings is 1. The van der Waals surface area contributed by atoms with Crippen LogP contribution in [0.15, 0.2) is 18.2 Å². The zero-order valence-corrected chi connectivity index (χ0v) is 8.50. The Labute approximate surface area is 84.5 Å². The first-order chi connectivity index (χ1) is 6.76. The van der Waals surface area contributed by atoms with Crippen molar-refractivity contribution >= 4 is 0 Å². The third kappa shape index (κ3) is 3.12. The van der Waals surface area contributed by atoms with Crippen molar-refractivity contribution in [1.29, 1.82) is 0 Å². The lowest BCUT2D eigenvalue weighted by atomic mass is 10.1. The number of hydrogen-bond acceptors (Lipinski definition) is 2. The van der Waals surface area contributed by atoms with Crippen molar-refractivity contribution in [3.63, 3.8) is 0 Å². The Bertz CT molecular complexity index is 358. The van der Waals surface area contributed by atoms with Crippen LogP contribution >= 0.6 is 0 Å². The van der Waals surface area contributed by atoms with Gasteiger partial charge in [0, 0.05) is 12.0 Å². The van der Waals surface area contributed by atoms with E-state index >= 15 is 0 Å². The molecule has 2 nitrogen and oxygen atoms in total. The van der Waals surface area contributed by atoms with Crippen LogP contribution < -0.4 is 4.74 Å². The first-order valence-corrected chi connectivity index (χ1v) is 4.51. The number of methoxy groups -OCH3 is 1. The van der Waals surface area contributed by atoms with Crippen LogP contribution in [-0.2, 0) is 0 Å². The number of rotatable bonds is 2. The van der Waals surface area contributed by atoms with E-state index < -0.39 is 0 Å². The second kappa shape index (κ2) is 5.31. The second-order valence-corrected chi connectivity index (χ2v) is 3.01. The van der Waals surface area contributed by atoms with Crippen LogP contribution in [-0.4, -0.2) is 18.8 Å². The van der Waals surface area contributed by atoms with Gasteiger partial charge in [-0.25, -0.2) is 0 Å². The first kappa shape index (κ1) is 10.6. The van der Waals surface area contributed by atoms with Crippen LogP contribution in [0.3, 0.4) is 0 Å². The maximum atomic E-state index is 8.57. The molecule has 1 aromatic rings. The molecule has 0 aliphatic heterocycles. The van der Waals surface area contributed by atoms with Gasteiger partial charge in [0.2, 0.25) is 0 Å². The van der Waals surface area contributed by atoms with Crippen LogP contribution in [0.4, 0.5) is 0 Å². The molecule has 0 amide bonds. The molecule has 0 atom stereocenters. The van der Waals surface area contributed by atoms with E-state index in [0.717, 1.165) is 16.9 Å². The summed E-state index contributed by atoms with van der Waals surface area (Å²) in [5.74, 6) is 6.66. The van der Waals surface area contributed by atoms with E-state index in [9.17, 15) is 0 Å². The fraction of sp³-hybridized carbons (Fsp3) is 0.333. The molecule has 0 aliphatic rings. The summed E-state index contributed by atoms with van der Waals surface area (Å²) in [6, 6.07) is 5.83. The van der Waals surface area contributed by atoms with E-state index in [0.29, 0.717) is 6.42 Å². The molecule has 1 rings (SSSR count). The third-order valence-electron chi connectivity index (χ3n) is 1.76. The molecule has 0 radical (unpaired) electrons. The fourth-order valence-corrected chi connectivity index (χ4v) is 1.16.